The summed E-state index contributed by atoms with van der Waals surface area (Å²) < 4.78 is 5.57. The minimum absolute atomic E-state index is 0.151. The predicted molar refractivity (Wildman–Crippen MR) is 78.2 cm³/mol. The number of benzene rings is 2. The molecule has 0 aliphatic rings. The summed E-state index contributed by atoms with van der Waals surface area (Å²) in [4.78, 5) is 0. The fraction of sp³-hybridized carbons (Fsp3) is 0.176. The summed E-state index contributed by atoms with van der Waals surface area (Å²) in [5.41, 5.74) is 11.9. The summed E-state index contributed by atoms with van der Waals surface area (Å²) in [6.45, 7) is 4.19. The van der Waals surface area contributed by atoms with E-state index in [4.69, 9.17) is 10.2 Å². The van der Waals surface area contributed by atoms with Gasteiger partial charge in [0.25, 0.3) is 0 Å². The highest BCUT2D eigenvalue weighted by molar-refractivity contribution is 5.81. The second-order valence-electron chi connectivity index (χ2n) is 5.09. The van der Waals surface area contributed by atoms with Crippen LogP contribution in [0.3, 0.4) is 0 Å². The van der Waals surface area contributed by atoms with Crippen molar-refractivity contribution in [2.24, 2.45) is 5.73 Å². The summed E-state index contributed by atoms with van der Waals surface area (Å²) in [5, 5.41) is 1.09. The van der Waals surface area contributed by atoms with E-state index in [9.17, 15) is 0 Å². The Bertz CT molecular complexity index is 707. The van der Waals surface area contributed by atoms with Gasteiger partial charge in [-0.05, 0) is 25.5 Å². The third kappa shape index (κ3) is 2.15. The molecule has 19 heavy (non-hydrogen) atoms. The lowest BCUT2D eigenvalue weighted by Gasteiger charge is -2.12. The van der Waals surface area contributed by atoms with E-state index in [-0.39, 0.29) is 6.04 Å². The summed E-state index contributed by atoms with van der Waals surface area (Å²) >= 11 is 0. The van der Waals surface area contributed by atoms with Crippen LogP contribution in [0.15, 0.2) is 53.1 Å². The first-order chi connectivity index (χ1) is 9.15. The van der Waals surface area contributed by atoms with E-state index in [1.807, 2.05) is 18.2 Å². The molecule has 3 rings (SSSR count). The molecule has 0 saturated carbocycles. The highest BCUT2D eigenvalue weighted by atomic mass is 16.3. The van der Waals surface area contributed by atoms with Crippen molar-refractivity contribution < 1.29 is 4.42 Å². The Balaban J connectivity index is 2.10. The van der Waals surface area contributed by atoms with Crippen LogP contribution in [0.25, 0.3) is 11.0 Å². The second-order valence-corrected chi connectivity index (χ2v) is 5.09. The van der Waals surface area contributed by atoms with E-state index in [0.717, 1.165) is 22.1 Å². The van der Waals surface area contributed by atoms with Crippen LogP contribution < -0.4 is 5.73 Å². The summed E-state index contributed by atoms with van der Waals surface area (Å²) in [7, 11) is 0. The maximum atomic E-state index is 6.40. The van der Waals surface area contributed by atoms with Crippen molar-refractivity contribution in [2.45, 2.75) is 19.9 Å². The zero-order valence-corrected chi connectivity index (χ0v) is 11.2. The molecule has 2 N–H and O–H groups in total. The zero-order chi connectivity index (χ0) is 13.4. The van der Waals surface area contributed by atoms with Gasteiger partial charge in [-0.3, -0.25) is 0 Å². The Morgan fingerprint density at radius 3 is 2.42 bits per heavy atom. The Hall–Kier alpha value is -2.06. The molecule has 96 valence electrons. The van der Waals surface area contributed by atoms with Gasteiger partial charge in [0, 0.05) is 10.9 Å². The highest BCUT2D eigenvalue weighted by Gasteiger charge is 2.15. The third-order valence-electron chi connectivity index (χ3n) is 3.45. The van der Waals surface area contributed by atoms with Gasteiger partial charge in [-0.1, -0.05) is 47.5 Å². The van der Waals surface area contributed by atoms with Crippen LogP contribution in [0.4, 0.5) is 0 Å². The van der Waals surface area contributed by atoms with Gasteiger partial charge >= 0.3 is 0 Å². The number of furan rings is 1. The summed E-state index contributed by atoms with van der Waals surface area (Å²) in [6.07, 6.45) is 1.77. The highest BCUT2D eigenvalue weighted by Crippen LogP contribution is 2.29. The molecule has 2 heteroatoms. The largest absolute Gasteiger partial charge is 0.464 e. The van der Waals surface area contributed by atoms with Gasteiger partial charge in [0.2, 0.25) is 0 Å². The lowest BCUT2D eigenvalue weighted by atomic mass is 9.96. The lowest BCUT2D eigenvalue weighted by molar-refractivity contribution is 0.607. The number of aryl methyl sites for hydroxylation is 2. The predicted octanol–water partition coefficient (Wildman–Crippen LogP) is 4.10. The molecular formula is C17H17NO. The Kier molecular flexibility index (Phi) is 2.88. The van der Waals surface area contributed by atoms with Crippen LogP contribution in [0.2, 0.25) is 0 Å². The summed E-state index contributed by atoms with van der Waals surface area (Å²) in [6, 6.07) is 14.3. The minimum atomic E-state index is -0.151. The molecule has 2 aromatic carbocycles. The number of fused-ring (bicyclic) bond motifs is 1. The first-order valence-corrected chi connectivity index (χ1v) is 6.45. The van der Waals surface area contributed by atoms with E-state index < -0.39 is 0 Å². The maximum absolute atomic E-state index is 6.40. The van der Waals surface area contributed by atoms with Crippen LogP contribution in [0.1, 0.15) is 28.3 Å². The van der Waals surface area contributed by atoms with Crippen molar-refractivity contribution >= 4 is 11.0 Å². The van der Waals surface area contributed by atoms with E-state index >= 15 is 0 Å². The molecule has 1 aromatic heterocycles. The molecule has 0 spiro atoms. The number of nitrogens with two attached hydrogens (primary N) is 1. The average molecular weight is 251 g/mol. The molecule has 3 aromatic rings. The third-order valence-corrected chi connectivity index (χ3v) is 3.45. The van der Waals surface area contributed by atoms with Gasteiger partial charge in [0.15, 0.2) is 0 Å². The van der Waals surface area contributed by atoms with Crippen LogP contribution in [-0.2, 0) is 0 Å². The van der Waals surface area contributed by atoms with Gasteiger partial charge in [-0.15, -0.1) is 0 Å². The standard InChI is InChI=1S/C17H17NO/c1-11-7-12(2)9-13(8-11)17(18)15-10-19-16-6-4-3-5-14(15)16/h3-10,17H,18H2,1-2H3. The zero-order valence-electron chi connectivity index (χ0n) is 11.2. The number of hydrogen-bond donors (Lipinski definition) is 1. The van der Waals surface area contributed by atoms with Crippen molar-refractivity contribution in [3.8, 4) is 0 Å². The molecule has 0 fully saturated rings. The quantitative estimate of drug-likeness (QED) is 0.744. The van der Waals surface area contributed by atoms with Gasteiger partial charge in [0.1, 0.15) is 5.58 Å². The number of hydrogen-bond acceptors (Lipinski definition) is 2. The molecule has 1 atom stereocenters. The van der Waals surface area contributed by atoms with Crippen molar-refractivity contribution in [3.63, 3.8) is 0 Å². The van der Waals surface area contributed by atoms with Crippen molar-refractivity contribution in [3.05, 3.63) is 71.0 Å². The second kappa shape index (κ2) is 4.56. The van der Waals surface area contributed by atoms with E-state index in [2.05, 4.69) is 38.1 Å². The van der Waals surface area contributed by atoms with Gasteiger partial charge in [-0.25, -0.2) is 0 Å². The topological polar surface area (TPSA) is 39.2 Å². The molecule has 0 amide bonds. The van der Waals surface area contributed by atoms with E-state index in [1.54, 1.807) is 6.26 Å². The van der Waals surface area contributed by atoms with Crippen molar-refractivity contribution in [1.29, 1.82) is 0 Å². The monoisotopic (exact) mass is 251 g/mol. The van der Waals surface area contributed by atoms with E-state index in [0.29, 0.717) is 0 Å². The molecule has 0 aliphatic carbocycles. The van der Waals surface area contributed by atoms with Gasteiger partial charge in [0.05, 0.1) is 12.3 Å². The minimum Gasteiger partial charge on any atom is -0.464 e. The molecule has 0 aliphatic heterocycles. The molecule has 0 saturated heterocycles. The van der Waals surface area contributed by atoms with Crippen LogP contribution in [0, 0.1) is 13.8 Å². The van der Waals surface area contributed by atoms with Crippen LogP contribution in [-0.4, -0.2) is 0 Å². The number of para-hydroxylation sites is 1. The normalized spacial score (nSPS) is 12.8. The average Bonchev–Trinajstić information content (AvgIpc) is 2.80. The Morgan fingerprint density at radius 1 is 1.00 bits per heavy atom. The fourth-order valence-corrected chi connectivity index (χ4v) is 2.61. The Morgan fingerprint density at radius 2 is 1.68 bits per heavy atom. The first kappa shape index (κ1) is 12.0. The summed E-state index contributed by atoms with van der Waals surface area (Å²) in [5.74, 6) is 0. The molecule has 0 bridgehead atoms. The van der Waals surface area contributed by atoms with Gasteiger partial charge < -0.3 is 10.2 Å². The SMILES string of the molecule is Cc1cc(C)cc(C(N)c2coc3ccccc23)c1. The molecular weight excluding hydrogens is 234 g/mol. The lowest BCUT2D eigenvalue weighted by Crippen LogP contribution is -2.11. The van der Waals surface area contributed by atoms with Crippen molar-refractivity contribution in [1.82, 2.24) is 0 Å². The van der Waals surface area contributed by atoms with Crippen LogP contribution in [0.5, 0.6) is 0 Å². The molecule has 2 nitrogen and oxygen atoms in total. The first-order valence-electron chi connectivity index (χ1n) is 6.45. The molecule has 1 unspecified atom stereocenters. The molecule has 1 heterocycles. The fourth-order valence-electron chi connectivity index (χ4n) is 2.61. The van der Waals surface area contributed by atoms with Gasteiger partial charge in [-0.2, -0.15) is 0 Å². The van der Waals surface area contributed by atoms with Crippen LogP contribution >= 0.6 is 0 Å². The Labute approximate surface area is 112 Å². The smallest absolute Gasteiger partial charge is 0.134 e. The van der Waals surface area contributed by atoms with Crippen molar-refractivity contribution in [2.75, 3.05) is 0 Å². The van der Waals surface area contributed by atoms with E-state index in [1.165, 1.54) is 11.1 Å². The number of rotatable bonds is 2. The molecule has 0 radical (unpaired) electrons. The maximum Gasteiger partial charge on any atom is 0.134 e.